The van der Waals surface area contributed by atoms with Crippen LogP contribution < -0.4 is 0 Å². The first-order valence-corrected chi connectivity index (χ1v) is 6.09. The number of carboxylic acid groups (broad SMARTS) is 1. The summed E-state index contributed by atoms with van der Waals surface area (Å²) in [5.41, 5.74) is 2.35. The molecule has 0 aliphatic heterocycles. The van der Waals surface area contributed by atoms with E-state index in [9.17, 15) is 14.7 Å². The second-order valence-corrected chi connectivity index (χ2v) is 4.33. The second-order valence-electron chi connectivity index (χ2n) is 4.33. The van der Waals surface area contributed by atoms with E-state index in [-0.39, 0.29) is 11.5 Å². The van der Waals surface area contributed by atoms with Gasteiger partial charge in [-0.25, -0.2) is 4.79 Å². The molecule has 0 aliphatic carbocycles. The Kier molecular flexibility index (Phi) is 3.51. The van der Waals surface area contributed by atoms with Crippen LogP contribution in [0.5, 0.6) is 0 Å². The van der Waals surface area contributed by atoms with Crippen molar-refractivity contribution in [1.82, 2.24) is 4.57 Å². The standard InChI is InChI=1S/C15H15NO3/c1-3-11-6-4-5-7-13(11)16-9-12(10(2)17)8-14(16)15(18)19/h4-9H,3H2,1-2H3,(H,18,19). The summed E-state index contributed by atoms with van der Waals surface area (Å²) in [4.78, 5) is 22.7. The average Bonchev–Trinajstić information content (AvgIpc) is 2.83. The van der Waals surface area contributed by atoms with Gasteiger partial charge in [-0.05, 0) is 31.0 Å². The van der Waals surface area contributed by atoms with Gasteiger partial charge in [0.1, 0.15) is 5.69 Å². The third-order valence-electron chi connectivity index (χ3n) is 3.08. The highest BCUT2D eigenvalue weighted by molar-refractivity contribution is 5.97. The molecule has 19 heavy (non-hydrogen) atoms. The number of hydrogen-bond acceptors (Lipinski definition) is 2. The van der Waals surface area contributed by atoms with E-state index < -0.39 is 5.97 Å². The van der Waals surface area contributed by atoms with E-state index in [4.69, 9.17) is 0 Å². The number of hydrogen-bond donors (Lipinski definition) is 1. The maximum absolute atomic E-state index is 11.4. The third-order valence-corrected chi connectivity index (χ3v) is 3.08. The summed E-state index contributed by atoms with van der Waals surface area (Å²) in [6.45, 7) is 3.44. The molecule has 4 nitrogen and oxygen atoms in total. The Labute approximate surface area is 111 Å². The van der Waals surface area contributed by atoms with Crippen molar-refractivity contribution >= 4 is 11.8 Å². The Morgan fingerprint density at radius 2 is 1.95 bits per heavy atom. The van der Waals surface area contributed by atoms with Crippen molar-refractivity contribution in [1.29, 1.82) is 0 Å². The molecule has 0 bridgehead atoms. The molecule has 2 rings (SSSR count). The Morgan fingerprint density at radius 3 is 2.53 bits per heavy atom. The monoisotopic (exact) mass is 257 g/mol. The van der Waals surface area contributed by atoms with Crippen molar-refractivity contribution < 1.29 is 14.7 Å². The van der Waals surface area contributed by atoms with E-state index in [0.717, 1.165) is 17.7 Å². The van der Waals surface area contributed by atoms with Crippen molar-refractivity contribution in [2.24, 2.45) is 0 Å². The van der Waals surface area contributed by atoms with Crippen molar-refractivity contribution in [3.8, 4) is 5.69 Å². The van der Waals surface area contributed by atoms with Crippen LogP contribution in [0.1, 0.15) is 40.3 Å². The highest BCUT2D eigenvalue weighted by Crippen LogP contribution is 2.20. The van der Waals surface area contributed by atoms with Crippen LogP contribution in [0.3, 0.4) is 0 Å². The number of Topliss-reactive ketones (excluding diaryl/α,β-unsaturated/α-hetero) is 1. The lowest BCUT2D eigenvalue weighted by Gasteiger charge is -2.10. The number of benzene rings is 1. The van der Waals surface area contributed by atoms with Crippen LogP contribution in [0.25, 0.3) is 5.69 Å². The maximum atomic E-state index is 11.4. The van der Waals surface area contributed by atoms with E-state index in [1.54, 1.807) is 10.8 Å². The first-order valence-electron chi connectivity index (χ1n) is 6.09. The third kappa shape index (κ3) is 2.42. The van der Waals surface area contributed by atoms with E-state index >= 15 is 0 Å². The fourth-order valence-corrected chi connectivity index (χ4v) is 2.06. The van der Waals surface area contributed by atoms with Gasteiger partial charge in [-0.15, -0.1) is 0 Å². The van der Waals surface area contributed by atoms with Gasteiger partial charge in [0.2, 0.25) is 0 Å². The molecule has 4 heteroatoms. The molecule has 0 saturated carbocycles. The zero-order chi connectivity index (χ0) is 14.0. The SMILES string of the molecule is CCc1ccccc1-n1cc(C(C)=O)cc1C(=O)O. The van der Waals surface area contributed by atoms with Crippen molar-refractivity contribution in [3.05, 3.63) is 53.3 Å². The number of nitrogens with zero attached hydrogens (tertiary/aromatic N) is 1. The molecule has 0 spiro atoms. The topological polar surface area (TPSA) is 59.3 Å². The van der Waals surface area contributed by atoms with E-state index in [2.05, 4.69) is 0 Å². The number of para-hydroxylation sites is 1. The summed E-state index contributed by atoms with van der Waals surface area (Å²) in [7, 11) is 0. The molecule has 0 amide bonds. The van der Waals surface area contributed by atoms with Gasteiger partial charge in [0.25, 0.3) is 0 Å². The summed E-state index contributed by atoms with van der Waals surface area (Å²) >= 11 is 0. The Hall–Kier alpha value is -2.36. The van der Waals surface area contributed by atoms with Crippen LogP contribution >= 0.6 is 0 Å². The quantitative estimate of drug-likeness (QED) is 0.857. The zero-order valence-electron chi connectivity index (χ0n) is 10.9. The summed E-state index contributed by atoms with van der Waals surface area (Å²) in [6, 6.07) is 8.99. The van der Waals surface area contributed by atoms with Gasteiger partial charge in [0.15, 0.2) is 5.78 Å². The summed E-state index contributed by atoms with van der Waals surface area (Å²) in [5.74, 6) is -1.19. The molecule has 98 valence electrons. The molecule has 0 fully saturated rings. The fraction of sp³-hybridized carbons (Fsp3) is 0.200. The molecule has 0 unspecified atom stereocenters. The Balaban J connectivity index is 2.66. The molecule has 1 heterocycles. The number of carbonyl (C=O) groups excluding carboxylic acids is 1. The molecule has 1 aromatic heterocycles. The van der Waals surface area contributed by atoms with Gasteiger partial charge < -0.3 is 9.67 Å². The number of carboxylic acids is 1. The van der Waals surface area contributed by atoms with Crippen LogP contribution in [0, 0.1) is 0 Å². The summed E-state index contributed by atoms with van der Waals surface area (Å²) in [5, 5.41) is 9.25. The van der Waals surface area contributed by atoms with Crippen LogP contribution in [-0.2, 0) is 6.42 Å². The lowest BCUT2D eigenvalue weighted by Crippen LogP contribution is -2.07. The van der Waals surface area contributed by atoms with Crippen LogP contribution in [0.4, 0.5) is 0 Å². The number of aryl methyl sites for hydroxylation is 1. The lowest BCUT2D eigenvalue weighted by atomic mass is 10.1. The molecule has 0 atom stereocenters. The van der Waals surface area contributed by atoms with Gasteiger partial charge in [-0.2, -0.15) is 0 Å². The van der Waals surface area contributed by atoms with Gasteiger partial charge in [0, 0.05) is 17.4 Å². The first-order chi connectivity index (χ1) is 9.04. The van der Waals surface area contributed by atoms with Crippen molar-refractivity contribution in [2.45, 2.75) is 20.3 Å². The minimum absolute atomic E-state index is 0.103. The van der Waals surface area contributed by atoms with Gasteiger partial charge in [-0.1, -0.05) is 25.1 Å². The molecule has 1 N–H and O–H groups in total. The zero-order valence-corrected chi connectivity index (χ0v) is 10.9. The minimum atomic E-state index is -1.04. The van der Waals surface area contributed by atoms with Crippen LogP contribution in [0.2, 0.25) is 0 Å². The minimum Gasteiger partial charge on any atom is -0.477 e. The largest absolute Gasteiger partial charge is 0.477 e. The smallest absolute Gasteiger partial charge is 0.352 e. The van der Waals surface area contributed by atoms with Gasteiger partial charge in [0.05, 0.1) is 0 Å². The number of rotatable bonds is 4. The van der Waals surface area contributed by atoms with E-state index in [0.29, 0.717) is 5.56 Å². The van der Waals surface area contributed by atoms with Gasteiger partial charge >= 0.3 is 5.97 Å². The maximum Gasteiger partial charge on any atom is 0.352 e. The predicted octanol–water partition coefficient (Wildman–Crippen LogP) is 2.94. The summed E-state index contributed by atoms with van der Waals surface area (Å²) in [6.07, 6.45) is 2.38. The normalized spacial score (nSPS) is 10.4. The number of aromatic carboxylic acids is 1. The first kappa shape index (κ1) is 13.1. The van der Waals surface area contributed by atoms with E-state index in [1.165, 1.54) is 13.0 Å². The molecular weight excluding hydrogens is 242 g/mol. The number of aromatic nitrogens is 1. The highest BCUT2D eigenvalue weighted by Gasteiger charge is 2.17. The average molecular weight is 257 g/mol. The van der Waals surface area contributed by atoms with E-state index in [1.807, 2.05) is 31.2 Å². The molecule has 1 aromatic carbocycles. The van der Waals surface area contributed by atoms with Crippen molar-refractivity contribution in [2.75, 3.05) is 0 Å². The predicted molar refractivity (Wildman–Crippen MR) is 72.1 cm³/mol. The number of ketones is 1. The highest BCUT2D eigenvalue weighted by atomic mass is 16.4. The molecule has 0 saturated heterocycles. The molecule has 0 radical (unpaired) electrons. The Bertz CT molecular complexity index is 641. The number of carbonyl (C=O) groups is 2. The van der Waals surface area contributed by atoms with Crippen molar-refractivity contribution in [3.63, 3.8) is 0 Å². The molecule has 0 aliphatic rings. The van der Waals surface area contributed by atoms with Crippen LogP contribution in [-0.4, -0.2) is 21.4 Å². The molecule has 2 aromatic rings. The molecular formula is C15H15NO3. The van der Waals surface area contributed by atoms with Crippen LogP contribution in [0.15, 0.2) is 36.5 Å². The lowest BCUT2D eigenvalue weighted by molar-refractivity contribution is 0.0688. The fourth-order valence-electron chi connectivity index (χ4n) is 2.06. The van der Waals surface area contributed by atoms with Gasteiger partial charge in [-0.3, -0.25) is 4.79 Å². The summed E-state index contributed by atoms with van der Waals surface area (Å²) < 4.78 is 1.57. The Morgan fingerprint density at radius 1 is 1.26 bits per heavy atom. The second kappa shape index (κ2) is 5.10.